The third-order valence-corrected chi connectivity index (χ3v) is 5.97. The molecule has 0 bridgehead atoms. The number of amides is 2. The molecule has 2 N–H and O–H groups in total. The highest BCUT2D eigenvalue weighted by molar-refractivity contribution is 6.04. The maximum atomic E-state index is 12.8. The molecule has 2 amide bonds. The normalized spacial score (nSPS) is 23.6. The molecule has 2 aliphatic rings. The summed E-state index contributed by atoms with van der Waals surface area (Å²) in [5.41, 5.74) is 1.20. The molecule has 9 heteroatoms. The molecule has 2 saturated heterocycles. The lowest BCUT2D eigenvalue weighted by atomic mass is 9.98. The second-order valence-electron chi connectivity index (χ2n) is 8.50. The van der Waals surface area contributed by atoms with Gasteiger partial charge in [-0.2, -0.15) is 0 Å². The van der Waals surface area contributed by atoms with Crippen LogP contribution in [0, 0.1) is 0 Å². The van der Waals surface area contributed by atoms with E-state index >= 15 is 0 Å². The maximum absolute atomic E-state index is 12.8. The van der Waals surface area contributed by atoms with Gasteiger partial charge in [-0.3, -0.25) is 9.59 Å². The molecule has 2 aliphatic heterocycles. The van der Waals surface area contributed by atoms with Gasteiger partial charge >= 0.3 is 0 Å². The van der Waals surface area contributed by atoms with Gasteiger partial charge in [0, 0.05) is 32.4 Å². The largest absolute Gasteiger partial charge is 0.376 e. The van der Waals surface area contributed by atoms with Crippen molar-refractivity contribution >= 4 is 28.8 Å². The fourth-order valence-corrected chi connectivity index (χ4v) is 4.24. The van der Waals surface area contributed by atoms with Crippen molar-refractivity contribution in [1.82, 2.24) is 25.2 Å². The van der Waals surface area contributed by atoms with Crippen LogP contribution in [0.3, 0.4) is 0 Å². The van der Waals surface area contributed by atoms with E-state index in [2.05, 4.69) is 26.8 Å². The zero-order valence-corrected chi connectivity index (χ0v) is 17.6. The van der Waals surface area contributed by atoms with E-state index in [9.17, 15) is 9.59 Å². The van der Waals surface area contributed by atoms with E-state index in [0.29, 0.717) is 48.8 Å². The minimum Gasteiger partial charge on any atom is -0.376 e. The number of carbonyl (C=O) groups excluding carboxylic acids is 2. The minimum atomic E-state index is -0.378. The minimum absolute atomic E-state index is 0.00222. The van der Waals surface area contributed by atoms with Gasteiger partial charge in [0.15, 0.2) is 5.65 Å². The number of hydrogen-bond acceptors (Lipinski definition) is 6. The average molecular weight is 412 g/mol. The third-order valence-electron chi connectivity index (χ3n) is 5.97. The van der Waals surface area contributed by atoms with Crippen molar-refractivity contribution in [3.63, 3.8) is 0 Å². The molecule has 4 heterocycles. The standard InChI is InChI=1S/C21H28N6O3/c1-5-17(28)27-8-7-26(12-21(27,3)4)16-11-23-19-18(25-16)14(10-22-19)20(29)24-15-6-9-30-13(15)2/h5,10-11,13,15H,1,6-9,12H2,2-4H3,(H,22,23)(H,24,29)/t13-,15+/m0/s1. The van der Waals surface area contributed by atoms with E-state index in [0.717, 1.165) is 6.42 Å². The molecule has 2 fully saturated rings. The van der Waals surface area contributed by atoms with Crippen molar-refractivity contribution < 1.29 is 14.3 Å². The third kappa shape index (κ3) is 3.65. The van der Waals surface area contributed by atoms with E-state index < -0.39 is 0 Å². The summed E-state index contributed by atoms with van der Waals surface area (Å²) >= 11 is 0. The first-order chi connectivity index (χ1) is 14.3. The van der Waals surface area contributed by atoms with Gasteiger partial charge in [0.2, 0.25) is 5.91 Å². The van der Waals surface area contributed by atoms with Crippen LogP contribution in [0.2, 0.25) is 0 Å². The summed E-state index contributed by atoms with van der Waals surface area (Å²) < 4.78 is 5.53. The van der Waals surface area contributed by atoms with Crippen LogP contribution in [-0.2, 0) is 9.53 Å². The molecule has 0 saturated carbocycles. The van der Waals surface area contributed by atoms with Gasteiger partial charge in [-0.1, -0.05) is 6.58 Å². The molecule has 160 valence electrons. The molecular weight excluding hydrogens is 384 g/mol. The lowest BCUT2D eigenvalue weighted by Crippen LogP contribution is -2.61. The Kier molecular flexibility index (Phi) is 5.23. The van der Waals surface area contributed by atoms with E-state index in [-0.39, 0.29) is 29.5 Å². The predicted molar refractivity (Wildman–Crippen MR) is 113 cm³/mol. The van der Waals surface area contributed by atoms with Gasteiger partial charge in [0.1, 0.15) is 11.3 Å². The lowest BCUT2D eigenvalue weighted by Gasteiger charge is -2.47. The number of nitrogens with one attached hydrogen (secondary N) is 2. The average Bonchev–Trinajstić information content (AvgIpc) is 3.32. The van der Waals surface area contributed by atoms with Crippen molar-refractivity contribution in [3.05, 3.63) is 30.6 Å². The number of H-pyrrole nitrogens is 1. The number of ether oxygens (including phenoxy) is 1. The van der Waals surface area contributed by atoms with Crippen LogP contribution < -0.4 is 10.2 Å². The molecule has 30 heavy (non-hydrogen) atoms. The second-order valence-corrected chi connectivity index (χ2v) is 8.50. The van der Waals surface area contributed by atoms with Crippen LogP contribution >= 0.6 is 0 Å². The van der Waals surface area contributed by atoms with E-state index in [1.54, 1.807) is 12.4 Å². The first-order valence-corrected chi connectivity index (χ1v) is 10.3. The maximum Gasteiger partial charge on any atom is 0.255 e. The van der Waals surface area contributed by atoms with Crippen molar-refractivity contribution in [2.45, 2.75) is 44.9 Å². The lowest BCUT2D eigenvalue weighted by molar-refractivity contribution is -0.131. The van der Waals surface area contributed by atoms with E-state index in [4.69, 9.17) is 9.72 Å². The number of rotatable bonds is 4. The van der Waals surface area contributed by atoms with Crippen LogP contribution in [0.1, 0.15) is 37.6 Å². The van der Waals surface area contributed by atoms with Crippen molar-refractivity contribution in [2.75, 3.05) is 31.1 Å². The van der Waals surface area contributed by atoms with E-state index in [1.807, 2.05) is 25.7 Å². The molecule has 2 atom stereocenters. The Hall–Kier alpha value is -2.94. The Morgan fingerprint density at radius 1 is 1.40 bits per heavy atom. The number of aromatic nitrogens is 3. The Morgan fingerprint density at radius 2 is 2.20 bits per heavy atom. The number of anilines is 1. The van der Waals surface area contributed by atoms with Crippen LogP contribution in [0.4, 0.5) is 5.82 Å². The van der Waals surface area contributed by atoms with Crippen molar-refractivity contribution in [1.29, 1.82) is 0 Å². The Labute approximate surface area is 175 Å². The zero-order valence-electron chi connectivity index (χ0n) is 17.6. The molecular formula is C21H28N6O3. The summed E-state index contributed by atoms with van der Waals surface area (Å²) in [6.07, 6.45) is 5.50. The molecule has 0 aliphatic carbocycles. The monoisotopic (exact) mass is 412 g/mol. The Balaban J connectivity index is 1.56. The molecule has 0 aromatic carbocycles. The number of piperazine rings is 1. The topological polar surface area (TPSA) is 103 Å². The van der Waals surface area contributed by atoms with Crippen LogP contribution in [-0.4, -0.2) is 75.6 Å². The summed E-state index contributed by atoms with van der Waals surface area (Å²) in [7, 11) is 0. The van der Waals surface area contributed by atoms with Crippen LogP contribution in [0.15, 0.2) is 25.0 Å². The number of carbonyl (C=O) groups is 2. The van der Waals surface area contributed by atoms with E-state index in [1.165, 1.54) is 6.08 Å². The fraction of sp³-hybridized carbons (Fsp3) is 0.524. The van der Waals surface area contributed by atoms with Crippen LogP contribution in [0.5, 0.6) is 0 Å². The number of fused-ring (bicyclic) bond motifs is 1. The predicted octanol–water partition coefficient (Wildman–Crippen LogP) is 1.48. The number of aromatic amines is 1. The van der Waals surface area contributed by atoms with Gasteiger partial charge in [0.25, 0.3) is 5.91 Å². The highest BCUT2D eigenvalue weighted by Gasteiger charge is 2.36. The number of hydrogen-bond donors (Lipinski definition) is 2. The molecule has 2 aromatic rings. The summed E-state index contributed by atoms with van der Waals surface area (Å²) in [4.78, 5) is 41.2. The molecule has 0 unspecified atom stereocenters. The van der Waals surface area contributed by atoms with Crippen LogP contribution in [0.25, 0.3) is 11.2 Å². The fourth-order valence-electron chi connectivity index (χ4n) is 4.24. The summed E-state index contributed by atoms with van der Waals surface area (Å²) in [6, 6.07) is -0.00475. The van der Waals surface area contributed by atoms with Gasteiger partial charge in [-0.05, 0) is 33.3 Å². The molecule has 0 spiro atoms. The van der Waals surface area contributed by atoms with Gasteiger partial charge in [0.05, 0.1) is 29.4 Å². The SMILES string of the molecule is C=CC(=O)N1CCN(c2cnc3[nH]cc(C(=O)N[C@@H]4CCO[C@H]4C)c3n2)CC1(C)C. The molecule has 9 nitrogen and oxygen atoms in total. The molecule has 2 aromatic heterocycles. The number of nitrogens with zero attached hydrogens (tertiary/aromatic N) is 4. The van der Waals surface area contributed by atoms with Gasteiger partial charge in [-0.15, -0.1) is 0 Å². The second kappa shape index (κ2) is 7.71. The van der Waals surface area contributed by atoms with Crippen molar-refractivity contribution in [3.8, 4) is 0 Å². The van der Waals surface area contributed by atoms with Gasteiger partial charge in [-0.25, -0.2) is 9.97 Å². The first kappa shape index (κ1) is 20.3. The summed E-state index contributed by atoms with van der Waals surface area (Å²) in [5.74, 6) is 0.431. The zero-order chi connectivity index (χ0) is 21.5. The molecule has 4 rings (SSSR count). The first-order valence-electron chi connectivity index (χ1n) is 10.3. The molecule has 0 radical (unpaired) electrons. The highest BCUT2D eigenvalue weighted by Crippen LogP contribution is 2.26. The van der Waals surface area contributed by atoms with Crippen molar-refractivity contribution in [2.24, 2.45) is 0 Å². The Bertz CT molecular complexity index is 984. The summed E-state index contributed by atoms with van der Waals surface area (Å²) in [6.45, 7) is 12.1. The highest BCUT2D eigenvalue weighted by atomic mass is 16.5. The smallest absolute Gasteiger partial charge is 0.255 e. The quantitative estimate of drug-likeness (QED) is 0.738. The Morgan fingerprint density at radius 3 is 2.87 bits per heavy atom. The summed E-state index contributed by atoms with van der Waals surface area (Å²) in [5, 5.41) is 3.04. The van der Waals surface area contributed by atoms with Gasteiger partial charge < -0.3 is 24.8 Å².